The van der Waals surface area contributed by atoms with Crippen LogP contribution in [0.3, 0.4) is 0 Å². The minimum atomic E-state index is -3.85. The molecule has 150 valence electrons. The minimum absolute atomic E-state index is 0.0625. The maximum absolute atomic E-state index is 12.6. The van der Waals surface area contributed by atoms with Gasteiger partial charge in [0.15, 0.2) is 0 Å². The summed E-state index contributed by atoms with van der Waals surface area (Å²) >= 11 is 12.0. The zero-order valence-electron chi connectivity index (χ0n) is 15.4. The largest absolute Gasteiger partial charge is 0.496 e. The number of hydrazone groups is 1. The van der Waals surface area contributed by atoms with Crippen LogP contribution in [0.1, 0.15) is 11.1 Å². The van der Waals surface area contributed by atoms with Crippen molar-refractivity contribution in [3.63, 3.8) is 0 Å². The van der Waals surface area contributed by atoms with Gasteiger partial charge in [0.05, 0.1) is 34.8 Å². The lowest BCUT2D eigenvalue weighted by molar-refractivity contribution is -0.121. The highest BCUT2D eigenvalue weighted by atomic mass is 35.5. The average molecular weight is 444 g/mol. The number of nitrogens with zero attached hydrogens (tertiary/aromatic N) is 2. The van der Waals surface area contributed by atoms with Gasteiger partial charge in [0.25, 0.3) is 5.91 Å². The summed E-state index contributed by atoms with van der Waals surface area (Å²) in [6.45, 7) is 1.32. The van der Waals surface area contributed by atoms with Crippen molar-refractivity contribution in [2.45, 2.75) is 11.8 Å². The minimum Gasteiger partial charge on any atom is -0.496 e. The molecule has 7 nitrogen and oxygen atoms in total. The number of amides is 1. The highest BCUT2D eigenvalue weighted by molar-refractivity contribution is 7.89. The summed E-state index contributed by atoms with van der Waals surface area (Å²) in [6.07, 6.45) is 1.30. The van der Waals surface area contributed by atoms with Gasteiger partial charge in [-0.2, -0.15) is 9.41 Å². The lowest BCUT2D eigenvalue weighted by atomic mass is 10.2. The van der Waals surface area contributed by atoms with Crippen LogP contribution in [-0.4, -0.2) is 45.5 Å². The first-order valence-electron chi connectivity index (χ1n) is 8.03. The molecule has 0 saturated heterocycles. The Kier molecular flexibility index (Phi) is 7.42. The number of carbonyl (C=O) groups excluding carboxylic acids is 1. The number of sulfonamides is 1. The molecule has 0 radical (unpaired) electrons. The van der Waals surface area contributed by atoms with E-state index in [0.717, 1.165) is 4.31 Å². The van der Waals surface area contributed by atoms with E-state index in [-0.39, 0.29) is 4.90 Å². The van der Waals surface area contributed by atoms with Crippen molar-refractivity contribution in [2.24, 2.45) is 5.10 Å². The van der Waals surface area contributed by atoms with Crippen LogP contribution in [0.4, 0.5) is 0 Å². The number of halogens is 2. The fraction of sp³-hybridized carbons (Fsp3) is 0.222. The number of carbonyl (C=O) groups is 1. The number of benzene rings is 2. The number of hydrogen-bond donors (Lipinski definition) is 1. The molecule has 0 aliphatic rings. The van der Waals surface area contributed by atoms with Crippen molar-refractivity contribution in [1.82, 2.24) is 9.73 Å². The van der Waals surface area contributed by atoms with Crippen molar-refractivity contribution in [3.8, 4) is 5.75 Å². The fourth-order valence-corrected chi connectivity index (χ4v) is 4.02. The summed E-state index contributed by atoms with van der Waals surface area (Å²) in [6, 6.07) is 9.42. The summed E-state index contributed by atoms with van der Waals surface area (Å²) in [4.78, 5) is 12.1. The number of nitrogens with one attached hydrogen (secondary N) is 1. The molecular formula is C18H19Cl2N3O4S. The SMILES string of the molecule is COc1ccc(S(=O)(=O)N(C)CC(=O)N/N=C/c2c(Cl)cccc2Cl)cc1C. The second-order valence-corrected chi connectivity index (χ2v) is 8.68. The van der Waals surface area contributed by atoms with Gasteiger partial charge in [0, 0.05) is 12.6 Å². The van der Waals surface area contributed by atoms with Crippen molar-refractivity contribution in [3.05, 3.63) is 57.6 Å². The first kappa shape index (κ1) is 22.2. The second kappa shape index (κ2) is 9.38. The normalized spacial score (nSPS) is 11.8. The molecule has 2 aromatic carbocycles. The molecule has 0 saturated carbocycles. The zero-order valence-corrected chi connectivity index (χ0v) is 17.8. The van der Waals surface area contributed by atoms with E-state index in [2.05, 4.69) is 10.5 Å². The fourth-order valence-electron chi connectivity index (χ4n) is 2.32. The number of likely N-dealkylation sites (N-methyl/N-ethyl adjacent to an activating group) is 1. The Labute approximate surface area is 173 Å². The van der Waals surface area contributed by atoms with Gasteiger partial charge in [-0.15, -0.1) is 0 Å². The highest BCUT2D eigenvalue weighted by Crippen LogP contribution is 2.23. The topological polar surface area (TPSA) is 88.1 Å². The molecule has 2 rings (SSSR count). The summed E-state index contributed by atoms with van der Waals surface area (Å²) < 4.78 is 31.3. The molecule has 0 fully saturated rings. The van der Waals surface area contributed by atoms with Crippen LogP contribution >= 0.6 is 23.2 Å². The van der Waals surface area contributed by atoms with E-state index in [0.29, 0.717) is 26.9 Å². The molecule has 2 aromatic rings. The molecule has 0 aliphatic heterocycles. The first-order chi connectivity index (χ1) is 13.2. The monoisotopic (exact) mass is 443 g/mol. The number of aryl methyl sites for hydroxylation is 1. The number of methoxy groups -OCH3 is 1. The van der Waals surface area contributed by atoms with Crippen molar-refractivity contribution in [2.75, 3.05) is 20.7 Å². The van der Waals surface area contributed by atoms with Gasteiger partial charge < -0.3 is 4.74 Å². The summed E-state index contributed by atoms with van der Waals surface area (Å²) in [5.74, 6) is -0.0392. The van der Waals surface area contributed by atoms with Crippen LogP contribution < -0.4 is 10.2 Å². The summed E-state index contributed by atoms with van der Waals surface area (Å²) in [5.41, 5.74) is 3.37. The lowest BCUT2D eigenvalue weighted by Gasteiger charge is -2.17. The third-order valence-electron chi connectivity index (χ3n) is 3.82. The van der Waals surface area contributed by atoms with Crippen LogP contribution in [0.5, 0.6) is 5.75 Å². The quantitative estimate of drug-likeness (QED) is 0.525. The Morgan fingerprint density at radius 1 is 1.25 bits per heavy atom. The Morgan fingerprint density at radius 2 is 1.89 bits per heavy atom. The standard InChI is InChI=1S/C18H19Cl2N3O4S/c1-12-9-13(7-8-17(12)27-3)28(25,26)23(2)11-18(24)22-21-10-14-15(19)5-4-6-16(14)20/h4-10H,11H2,1-3H3,(H,22,24)/b21-10+. The highest BCUT2D eigenvalue weighted by Gasteiger charge is 2.23. The van der Waals surface area contributed by atoms with Gasteiger partial charge in [0.2, 0.25) is 10.0 Å². The first-order valence-corrected chi connectivity index (χ1v) is 10.2. The summed E-state index contributed by atoms with van der Waals surface area (Å²) in [7, 11) is -1.04. The number of hydrogen-bond acceptors (Lipinski definition) is 5. The summed E-state index contributed by atoms with van der Waals surface area (Å²) in [5, 5.41) is 4.53. The lowest BCUT2D eigenvalue weighted by Crippen LogP contribution is -2.36. The molecule has 0 spiro atoms. The van der Waals surface area contributed by atoms with Crippen LogP contribution in [0.2, 0.25) is 10.0 Å². The van der Waals surface area contributed by atoms with E-state index < -0.39 is 22.5 Å². The van der Waals surface area contributed by atoms with Crippen molar-refractivity contribution >= 4 is 45.3 Å². The maximum Gasteiger partial charge on any atom is 0.255 e. The van der Waals surface area contributed by atoms with Gasteiger partial charge in [0.1, 0.15) is 5.75 Å². The molecule has 28 heavy (non-hydrogen) atoms. The van der Waals surface area contributed by atoms with Crippen LogP contribution in [0.15, 0.2) is 46.4 Å². The van der Waals surface area contributed by atoms with E-state index in [9.17, 15) is 13.2 Å². The third-order valence-corrected chi connectivity index (χ3v) is 6.28. The maximum atomic E-state index is 12.6. The molecule has 0 atom stereocenters. The van der Waals surface area contributed by atoms with E-state index >= 15 is 0 Å². The molecule has 10 heteroatoms. The molecule has 0 aliphatic carbocycles. The molecule has 0 bridgehead atoms. The predicted molar refractivity (Wildman–Crippen MR) is 110 cm³/mol. The third kappa shape index (κ3) is 5.23. The van der Waals surface area contributed by atoms with E-state index in [1.54, 1.807) is 31.2 Å². The van der Waals surface area contributed by atoms with Crippen LogP contribution in [0, 0.1) is 6.92 Å². The van der Waals surface area contributed by atoms with Gasteiger partial charge in [-0.05, 0) is 42.8 Å². The molecule has 1 N–H and O–H groups in total. The van der Waals surface area contributed by atoms with Gasteiger partial charge in [-0.25, -0.2) is 13.8 Å². The van der Waals surface area contributed by atoms with Crippen molar-refractivity contribution in [1.29, 1.82) is 0 Å². The number of rotatable bonds is 7. The Morgan fingerprint density at radius 3 is 2.46 bits per heavy atom. The molecule has 0 heterocycles. The van der Waals surface area contributed by atoms with E-state index in [1.807, 2.05) is 0 Å². The molecular weight excluding hydrogens is 425 g/mol. The smallest absolute Gasteiger partial charge is 0.255 e. The predicted octanol–water partition coefficient (Wildman–Crippen LogP) is 3.08. The van der Waals surface area contributed by atoms with E-state index in [1.165, 1.54) is 32.5 Å². The molecule has 0 unspecified atom stereocenters. The van der Waals surface area contributed by atoms with Crippen LogP contribution in [-0.2, 0) is 14.8 Å². The van der Waals surface area contributed by atoms with Crippen molar-refractivity contribution < 1.29 is 17.9 Å². The molecule has 0 aromatic heterocycles. The average Bonchev–Trinajstić information content (AvgIpc) is 2.64. The van der Waals surface area contributed by atoms with Gasteiger partial charge in [-0.3, -0.25) is 4.79 Å². The Hall–Kier alpha value is -2.13. The number of ether oxygens (including phenoxy) is 1. The second-order valence-electron chi connectivity index (χ2n) is 5.82. The van der Waals surface area contributed by atoms with Crippen LogP contribution in [0.25, 0.3) is 0 Å². The Balaban J connectivity index is 2.05. The van der Waals surface area contributed by atoms with Gasteiger partial charge >= 0.3 is 0 Å². The zero-order chi connectivity index (χ0) is 20.9. The van der Waals surface area contributed by atoms with E-state index in [4.69, 9.17) is 27.9 Å². The van der Waals surface area contributed by atoms with Gasteiger partial charge in [-0.1, -0.05) is 29.3 Å². The Bertz CT molecular complexity index is 990. The molecule has 1 amide bonds.